The van der Waals surface area contributed by atoms with E-state index in [0.29, 0.717) is 11.1 Å². The van der Waals surface area contributed by atoms with Crippen LogP contribution in [0.15, 0.2) is 30.3 Å². The lowest BCUT2D eigenvalue weighted by Crippen LogP contribution is -2.30. The average molecular weight is 290 g/mol. The van der Waals surface area contributed by atoms with E-state index >= 15 is 0 Å². The molecule has 0 saturated carbocycles. The van der Waals surface area contributed by atoms with E-state index in [-0.39, 0.29) is 35.2 Å². The summed E-state index contributed by atoms with van der Waals surface area (Å²) in [6.07, 6.45) is -1.66. The van der Waals surface area contributed by atoms with Crippen molar-refractivity contribution in [2.24, 2.45) is 0 Å². The van der Waals surface area contributed by atoms with Gasteiger partial charge in [-0.1, -0.05) is 0 Å². The minimum Gasteiger partial charge on any atom is -0.508 e. The molecule has 6 nitrogen and oxygen atoms in total. The largest absolute Gasteiger partial charge is 0.508 e. The molecule has 0 unspecified atom stereocenters. The second kappa shape index (κ2) is 4.75. The maximum atomic E-state index is 10.2. The van der Waals surface area contributed by atoms with Crippen molar-refractivity contribution in [1.82, 2.24) is 0 Å². The number of aromatic hydroxyl groups is 4. The Labute approximate surface area is 120 Å². The molecule has 5 N–H and O–H groups in total. The third kappa shape index (κ3) is 2.41. The fourth-order valence-corrected chi connectivity index (χ4v) is 2.53. The first-order chi connectivity index (χ1) is 9.94. The number of phenolic OH excluding ortho intramolecular Hbond substituents is 4. The molecule has 1 aliphatic rings. The van der Waals surface area contributed by atoms with Crippen molar-refractivity contribution < 1.29 is 30.3 Å². The zero-order chi connectivity index (χ0) is 15.1. The smallest absolute Gasteiger partial charge is 0.150 e. The van der Waals surface area contributed by atoms with Gasteiger partial charge >= 0.3 is 0 Å². The number of ether oxygens (including phenoxy) is 1. The molecule has 0 bridgehead atoms. The van der Waals surface area contributed by atoms with Crippen molar-refractivity contribution in [1.29, 1.82) is 0 Å². The monoisotopic (exact) mass is 290 g/mol. The number of benzene rings is 2. The van der Waals surface area contributed by atoms with E-state index < -0.39 is 12.2 Å². The SMILES string of the molecule is Oc1cc(O)cc([C@H]2Oc3cc(O)cc(O)c3C[C@@H]2O)c1. The number of aliphatic hydroxyl groups is 1. The summed E-state index contributed by atoms with van der Waals surface area (Å²) in [6, 6.07) is 6.44. The molecule has 0 aliphatic carbocycles. The zero-order valence-corrected chi connectivity index (χ0v) is 10.9. The Kier molecular flexibility index (Phi) is 3.03. The van der Waals surface area contributed by atoms with Crippen LogP contribution in [0.3, 0.4) is 0 Å². The lowest BCUT2D eigenvalue weighted by molar-refractivity contribution is 0.0196. The predicted octanol–water partition coefficient (Wildman–Crippen LogP) is 1.55. The molecular formula is C15H14O6. The summed E-state index contributed by atoms with van der Waals surface area (Å²) in [7, 11) is 0. The minimum atomic E-state index is -0.964. The first-order valence-electron chi connectivity index (χ1n) is 6.36. The second-order valence-corrected chi connectivity index (χ2v) is 5.03. The highest BCUT2D eigenvalue weighted by atomic mass is 16.5. The lowest BCUT2D eigenvalue weighted by Gasteiger charge is -2.31. The third-order valence-electron chi connectivity index (χ3n) is 3.44. The van der Waals surface area contributed by atoms with E-state index in [1.54, 1.807) is 0 Å². The number of fused-ring (bicyclic) bond motifs is 1. The van der Waals surface area contributed by atoms with Crippen LogP contribution in [0.25, 0.3) is 0 Å². The number of hydrogen-bond donors (Lipinski definition) is 5. The van der Waals surface area contributed by atoms with E-state index in [9.17, 15) is 25.5 Å². The molecule has 2 atom stereocenters. The Morgan fingerprint density at radius 3 is 2.14 bits per heavy atom. The van der Waals surface area contributed by atoms with Crippen molar-refractivity contribution in [3.8, 4) is 28.7 Å². The summed E-state index contributed by atoms with van der Waals surface area (Å²) in [6.45, 7) is 0. The van der Waals surface area contributed by atoms with Crippen LogP contribution in [0.2, 0.25) is 0 Å². The van der Waals surface area contributed by atoms with Gasteiger partial charge in [-0.3, -0.25) is 0 Å². The number of hydrogen-bond acceptors (Lipinski definition) is 6. The van der Waals surface area contributed by atoms with Crippen molar-refractivity contribution in [2.45, 2.75) is 18.6 Å². The van der Waals surface area contributed by atoms with E-state index in [1.807, 2.05) is 0 Å². The summed E-state index contributed by atoms with van der Waals surface area (Å²) >= 11 is 0. The van der Waals surface area contributed by atoms with Crippen molar-refractivity contribution in [2.75, 3.05) is 0 Å². The molecule has 0 aromatic heterocycles. The maximum Gasteiger partial charge on any atom is 0.150 e. The van der Waals surface area contributed by atoms with Gasteiger partial charge in [-0.2, -0.15) is 0 Å². The van der Waals surface area contributed by atoms with E-state index in [0.717, 1.165) is 0 Å². The summed E-state index contributed by atoms with van der Waals surface area (Å²) in [5.74, 6) is -0.345. The predicted molar refractivity (Wildman–Crippen MR) is 72.6 cm³/mol. The van der Waals surface area contributed by atoms with Gasteiger partial charge in [0.1, 0.15) is 28.7 Å². The van der Waals surface area contributed by atoms with Crippen LogP contribution < -0.4 is 4.74 Å². The summed E-state index contributed by atoms with van der Waals surface area (Å²) in [5, 5.41) is 48.5. The highest BCUT2D eigenvalue weighted by Gasteiger charge is 2.32. The zero-order valence-electron chi connectivity index (χ0n) is 10.9. The summed E-state index contributed by atoms with van der Waals surface area (Å²) < 4.78 is 5.61. The van der Waals surface area contributed by atoms with Crippen LogP contribution >= 0.6 is 0 Å². The minimum absolute atomic E-state index is 0.128. The molecule has 21 heavy (non-hydrogen) atoms. The van der Waals surface area contributed by atoms with Crippen LogP contribution in [-0.4, -0.2) is 31.6 Å². The Morgan fingerprint density at radius 2 is 1.48 bits per heavy atom. The molecule has 6 heteroatoms. The van der Waals surface area contributed by atoms with Gasteiger partial charge in [0.25, 0.3) is 0 Å². The van der Waals surface area contributed by atoms with Crippen LogP contribution in [0.5, 0.6) is 28.7 Å². The van der Waals surface area contributed by atoms with Gasteiger partial charge in [0, 0.05) is 35.7 Å². The van der Waals surface area contributed by atoms with Gasteiger partial charge in [0.15, 0.2) is 6.10 Å². The molecule has 110 valence electrons. The quantitative estimate of drug-likeness (QED) is 0.545. The van der Waals surface area contributed by atoms with E-state index in [2.05, 4.69) is 0 Å². The molecule has 0 saturated heterocycles. The van der Waals surface area contributed by atoms with Crippen molar-refractivity contribution in [3.05, 3.63) is 41.5 Å². The number of aliphatic hydroxyl groups excluding tert-OH is 1. The van der Waals surface area contributed by atoms with Crippen molar-refractivity contribution in [3.63, 3.8) is 0 Å². The topological polar surface area (TPSA) is 110 Å². The Bertz CT molecular complexity index is 677. The molecule has 3 rings (SSSR count). The van der Waals surface area contributed by atoms with Gasteiger partial charge in [0.2, 0.25) is 0 Å². The molecule has 0 spiro atoms. The number of rotatable bonds is 1. The van der Waals surface area contributed by atoms with E-state index in [4.69, 9.17) is 4.74 Å². The first-order valence-corrected chi connectivity index (χ1v) is 6.36. The number of phenols is 4. The molecule has 0 amide bonds. The van der Waals surface area contributed by atoms with Crippen LogP contribution in [0, 0.1) is 0 Å². The molecule has 0 radical (unpaired) electrons. The molecule has 0 fully saturated rings. The maximum absolute atomic E-state index is 10.2. The first kappa shape index (κ1) is 13.4. The van der Waals surface area contributed by atoms with E-state index in [1.165, 1.54) is 30.3 Å². The standard InChI is InChI=1S/C15H14O6/c16-8-1-7(2-9(17)3-8)15-13(20)6-11-12(19)4-10(18)5-14(11)21-15/h1-5,13,15-20H,6H2/t13-,15+/m0/s1. The summed E-state index contributed by atoms with van der Waals surface area (Å²) in [5.41, 5.74) is 0.800. The van der Waals surface area contributed by atoms with Gasteiger partial charge in [-0.25, -0.2) is 0 Å². The Morgan fingerprint density at radius 1 is 0.857 bits per heavy atom. The third-order valence-corrected chi connectivity index (χ3v) is 3.44. The molecule has 1 aliphatic heterocycles. The summed E-state index contributed by atoms with van der Waals surface area (Å²) in [4.78, 5) is 0. The highest BCUT2D eigenvalue weighted by Crippen LogP contribution is 2.42. The van der Waals surface area contributed by atoms with Gasteiger partial charge < -0.3 is 30.3 Å². The highest BCUT2D eigenvalue weighted by molar-refractivity contribution is 5.51. The van der Waals surface area contributed by atoms with Crippen molar-refractivity contribution >= 4 is 0 Å². The van der Waals surface area contributed by atoms with Gasteiger partial charge in [-0.15, -0.1) is 0 Å². The van der Waals surface area contributed by atoms with Gasteiger partial charge in [-0.05, 0) is 12.1 Å². The Hall–Kier alpha value is -2.60. The molecule has 2 aromatic rings. The molecule has 2 aromatic carbocycles. The van der Waals surface area contributed by atoms with Crippen LogP contribution in [0.1, 0.15) is 17.2 Å². The second-order valence-electron chi connectivity index (χ2n) is 5.03. The van der Waals surface area contributed by atoms with Gasteiger partial charge in [0.05, 0.1) is 6.10 Å². The lowest BCUT2D eigenvalue weighted by atomic mass is 9.94. The fourth-order valence-electron chi connectivity index (χ4n) is 2.53. The Balaban J connectivity index is 2.02. The van der Waals surface area contributed by atoms with Crippen LogP contribution in [-0.2, 0) is 6.42 Å². The molecule has 1 heterocycles. The average Bonchev–Trinajstić information content (AvgIpc) is 2.38. The normalized spacial score (nSPS) is 20.6. The van der Waals surface area contributed by atoms with Crippen LogP contribution in [0.4, 0.5) is 0 Å². The molecular weight excluding hydrogens is 276 g/mol. The fraction of sp³-hybridized carbons (Fsp3) is 0.200.